The Balaban J connectivity index is 4.10. The SMILES string of the molecule is CC/C=C\C/C=C\C/C=C\C/C=C\CC(C(O)C/C=C\CCC=O)[N+](=O)[O-]. The van der Waals surface area contributed by atoms with Crippen molar-refractivity contribution in [3.05, 3.63) is 70.9 Å². The van der Waals surface area contributed by atoms with Crippen molar-refractivity contribution in [2.75, 3.05) is 0 Å². The van der Waals surface area contributed by atoms with E-state index in [2.05, 4.69) is 37.3 Å². The smallest absolute Gasteiger partial charge is 0.242 e. The Morgan fingerprint density at radius 1 is 0.815 bits per heavy atom. The minimum atomic E-state index is -1.03. The van der Waals surface area contributed by atoms with Gasteiger partial charge < -0.3 is 9.90 Å². The van der Waals surface area contributed by atoms with Crippen LogP contribution in [0, 0.1) is 10.1 Å². The van der Waals surface area contributed by atoms with Crippen molar-refractivity contribution in [3.63, 3.8) is 0 Å². The normalized spacial score (nSPS) is 14.9. The molecule has 0 aromatic carbocycles. The number of allylic oxidation sites excluding steroid dienone is 8. The van der Waals surface area contributed by atoms with Crippen LogP contribution in [-0.2, 0) is 4.79 Å². The van der Waals surface area contributed by atoms with Gasteiger partial charge in [0.15, 0.2) is 0 Å². The van der Waals surface area contributed by atoms with Gasteiger partial charge in [0, 0.05) is 17.8 Å². The van der Waals surface area contributed by atoms with Crippen LogP contribution in [0.15, 0.2) is 60.8 Å². The molecule has 0 rings (SSSR count). The van der Waals surface area contributed by atoms with E-state index in [1.807, 2.05) is 12.2 Å². The van der Waals surface area contributed by atoms with Gasteiger partial charge in [0.2, 0.25) is 6.04 Å². The zero-order valence-electron chi connectivity index (χ0n) is 16.3. The lowest BCUT2D eigenvalue weighted by Crippen LogP contribution is -2.32. The summed E-state index contributed by atoms with van der Waals surface area (Å²) in [5, 5.41) is 21.1. The second-order valence-corrected chi connectivity index (χ2v) is 6.11. The molecule has 2 unspecified atom stereocenters. The van der Waals surface area contributed by atoms with E-state index in [0.717, 1.165) is 32.0 Å². The molecule has 0 heterocycles. The van der Waals surface area contributed by atoms with Crippen LogP contribution < -0.4 is 0 Å². The molecule has 0 aromatic rings. The molecule has 0 radical (unpaired) electrons. The summed E-state index contributed by atoms with van der Waals surface area (Å²) in [6.45, 7) is 2.11. The van der Waals surface area contributed by atoms with E-state index in [1.165, 1.54) is 0 Å². The first kappa shape index (κ1) is 24.7. The Hall–Kier alpha value is -2.27. The van der Waals surface area contributed by atoms with Gasteiger partial charge in [0.25, 0.3) is 0 Å². The number of hydrogen-bond donors (Lipinski definition) is 1. The van der Waals surface area contributed by atoms with Gasteiger partial charge in [-0.15, -0.1) is 0 Å². The molecule has 0 aromatic heterocycles. The minimum Gasteiger partial charge on any atom is -0.386 e. The number of carbonyl (C=O) groups is 1. The Labute approximate surface area is 163 Å². The van der Waals surface area contributed by atoms with E-state index in [9.17, 15) is 20.0 Å². The molecule has 0 aliphatic carbocycles. The van der Waals surface area contributed by atoms with Crippen LogP contribution in [0.25, 0.3) is 0 Å². The summed E-state index contributed by atoms with van der Waals surface area (Å²) in [6, 6.07) is -1.01. The van der Waals surface area contributed by atoms with E-state index < -0.39 is 17.1 Å². The molecule has 0 aliphatic heterocycles. The third-order valence-corrected chi connectivity index (χ3v) is 3.81. The number of rotatable bonds is 16. The summed E-state index contributed by atoms with van der Waals surface area (Å²) < 4.78 is 0. The quantitative estimate of drug-likeness (QED) is 0.134. The van der Waals surface area contributed by atoms with Crippen LogP contribution in [0.5, 0.6) is 0 Å². The molecule has 0 aliphatic rings. The molecule has 27 heavy (non-hydrogen) atoms. The van der Waals surface area contributed by atoms with Crippen molar-refractivity contribution in [1.82, 2.24) is 0 Å². The van der Waals surface area contributed by atoms with E-state index in [1.54, 1.807) is 18.2 Å². The highest BCUT2D eigenvalue weighted by Crippen LogP contribution is 2.10. The maximum absolute atomic E-state index is 11.1. The van der Waals surface area contributed by atoms with Gasteiger partial charge in [-0.2, -0.15) is 0 Å². The number of unbranched alkanes of at least 4 members (excludes halogenated alkanes) is 1. The second kappa shape index (κ2) is 18.5. The number of hydrogen-bond acceptors (Lipinski definition) is 4. The van der Waals surface area contributed by atoms with Crippen molar-refractivity contribution < 1.29 is 14.8 Å². The average Bonchev–Trinajstić information content (AvgIpc) is 2.65. The number of aliphatic hydroxyl groups is 1. The molecular weight excluding hydrogens is 342 g/mol. The summed E-state index contributed by atoms with van der Waals surface area (Å²) in [7, 11) is 0. The Kier molecular flexibility index (Phi) is 17.0. The van der Waals surface area contributed by atoms with Crippen LogP contribution in [0.4, 0.5) is 0 Å². The number of aliphatic hydroxyl groups excluding tert-OH is 1. The van der Waals surface area contributed by atoms with Crippen molar-refractivity contribution in [3.8, 4) is 0 Å². The molecule has 1 N–H and O–H groups in total. The molecule has 150 valence electrons. The van der Waals surface area contributed by atoms with Crippen molar-refractivity contribution in [2.45, 2.75) is 70.4 Å². The van der Waals surface area contributed by atoms with E-state index in [4.69, 9.17) is 0 Å². The molecule has 2 atom stereocenters. The highest BCUT2D eigenvalue weighted by molar-refractivity contribution is 5.49. The molecule has 0 bridgehead atoms. The van der Waals surface area contributed by atoms with Gasteiger partial charge >= 0.3 is 0 Å². The fourth-order valence-electron chi connectivity index (χ4n) is 2.27. The van der Waals surface area contributed by atoms with Gasteiger partial charge in [-0.3, -0.25) is 10.1 Å². The standard InChI is InChI=1S/C22H33NO4/c1-2-3-4-5-6-7-8-9-10-11-12-15-18-21(23(26)27)22(25)19-16-13-14-17-20-24/h3-4,6-7,9-10,12-13,15-16,20-22,25H,2,5,8,11,14,17-19H2,1H3/b4-3-,7-6-,10-9-,15-12-,16-13-. The topological polar surface area (TPSA) is 80.4 Å². The third-order valence-electron chi connectivity index (χ3n) is 3.81. The summed E-state index contributed by atoms with van der Waals surface area (Å²) >= 11 is 0. The first-order chi connectivity index (χ1) is 13.1. The van der Waals surface area contributed by atoms with Gasteiger partial charge in [-0.25, -0.2) is 0 Å². The van der Waals surface area contributed by atoms with Crippen LogP contribution in [0.2, 0.25) is 0 Å². The number of nitrogens with zero attached hydrogens (tertiary/aromatic N) is 1. The predicted octanol–water partition coefficient (Wildman–Crippen LogP) is 5.11. The Morgan fingerprint density at radius 2 is 1.33 bits per heavy atom. The maximum Gasteiger partial charge on any atom is 0.242 e. The molecule has 0 spiro atoms. The van der Waals surface area contributed by atoms with Crippen LogP contribution in [-0.4, -0.2) is 28.5 Å². The van der Waals surface area contributed by atoms with E-state index in [0.29, 0.717) is 12.8 Å². The van der Waals surface area contributed by atoms with E-state index in [-0.39, 0.29) is 12.8 Å². The zero-order chi connectivity index (χ0) is 20.2. The number of nitro groups is 1. The van der Waals surface area contributed by atoms with Gasteiger partial charge in [0.05, 0.1) is 0 Å². The minimum absolute atomic E-state index is 0.202. The first-order valence-electron chi connectivity index (χ1n) is 9.63. The molecule has 0 saturated carbocycles. The summed E-state index contributed by atoms with van der Waals surface area (Å²) in [4.78, 5) is 20.9. The first-order valence-corrected chi connectivity index (χ1v) is 9.63. The number of carbonyl (C=O) groups excluding carboxylic acids is 1. The van der Waals surface area contributed by atoms with Gasteiger partial charge in [0.1, 0.15) is 12.4 Å². The lowest BCUT2D eigenvalue weighted by atomic mass is 10.0. The molecular formula is C22H33NO4. The monoisotopic (exact) mass is 375 g/mol. The molecule has 0 fully saturated rings. The largest absolute Gasteiger partial charge is 0.386 e. The maximum atomic E-state index is 11.1. The Bertz CT molecular complexity index is 532. The van der Waals surface area contributed by atoms with Gasteiger partial charge in [-0.05, 0) is 38.5 Å². The summed E-state index contributed by atoms with van der Waals surface area (Å²) in [5.41, 5.74) is 0. The van der Waals surface area contributed by atoms with Gasteiger partial charge in [-0.1, -0.05) is 67.7 Å². The summed E-state index contributed by atoms with van der Waals surface area (Å²) in [5.74, 6) is 0. The van der Waals surface area contributed by atoms with Crippen LogP contribution in [0.1, 0.15) is 58.3 Å². The highest BCUT2D eigenvalue weighted by atomic mass is 16.6. The molecule has 5 heteroatoms. The van der Waals surface area contributed by atoms with Crippen LogP contribution in [0.3, 0.4) is 0 Å². The fraction of sp³-hybridized carbons (Fsp3) is 0.500. The molecule has 0 amide bonds. The third kappa shape index (κ3) is 15.7. The fourth-order valence-corrected chi connectivity index (χ4v) is 2.27. The molecule has 5 nitrogen and oxygen atoms in total. The lowest BCUT2D eigenvalue weighted by molar-refractivity contribution is -0.533. The molecule has 0 saturated heterocycles. The van der Waals surface area contributed by atoms with Crippen LogP contribution >= 0.6 is 0 Å². The Morgan fingerprint density at radius 3 is 1.85 bits per heavy atom. The predicted molar refractivity (Wildman–Crippen MR) is 111 cm³/mol. The highest BCUT2D eigenvalue weighted by Gasteiger charge is 2.27. The van der Waals surface area contributed by atoms with Crippen molar-refractivity contribution in [2.24, 2.45) is 0 Å². The number of aldehydes is 1. The lowest BCUT2D eigenvalue weighted by Gasteiger charge is -2.12. The zero-order valence-corrected chi connectivity index (χ0v) is 16.3. The van der Waals surface area contributed by atoms with Crippen molar-refractivity contribution >= 4 is 6.29 Å². The summed E-state index contributed by atoms with van der Waals surface area (Å²) in [6.07, 6.45) is 24.6. The van der Waals surface area contributed by atoms with E-state index >= 15 is 0 Å². The average molecular weight is 376 g/mol. The van der Waals surface area contributed by atoms with Crippen molar-refractivity contribution in [1.29, 1.82) is 0 Å². The second-order valence-electron chi connectivity index (χ2n) is 6.11.